The molecule has 0 unspecified atom stereocenters. The van der Waals surface area contributed by atoms with E-state index in [1.165, 1.54) is 0 Å². The van der Waals surface area contributed by atoms with E-state index in [0.717, 1.165) is 12.0 Å². The lowest BCUT2D eigenvalue weighted by Crippen LogP contribution is -2.09. The normalized spacial score (nSPS) is 9.76. The predicted octanol–water partition coefficient (Wildman–Crippen LogP) is 2.88. The van der Waals surface area contributed by atoms with Gasteiger partial charge in [-0.15, -0.1) is 0 Å². The first kappa shape index (κ1) is 13.5. The molecule has 0 aliphatic heterocycles. The van der Waals surface area contributed by atoms with E-state index >= 15 is 0 Å². The summed E-state index contributed by atoms with van der Waals surface area (Å²) in [6.45, 7) is 4.05. The van der Waals surface area contributed by atoms with Crippen LogP contribution in [0.1, 0.15) is 30.5 Å². The highest BCUT2D eigenvalue weighted by molar-refractivity contribution is 6.31. The Kier molecular flexibility index (Phi) is 4.99. The topological polar surface area (TPSA) is 50.1 Å². The van der Waals surface area contributed by atoms with Crippen LogP contribution in [-0.2, 0) is 22.4 Å². The summed E-state index contributed by atoms with van der Waals surface area (Å²) in [5.41, 5.74) is 1.98. The number of nitriles is 1. The Morgan fingerprint density at radius 1 is 1.47 bits per heavy atom. The molecule has 17 heavy (non-hydrogen) atoms. The number of hydrogen-bond acceptors (Lipinski definition) is 3. The first-order valence-electron chi connectivity index (χ1n) is 5.49. The highest BCUT2D eigenvalue weighted by atomic mass is 35.5. The van der Waals surface area contributed by atoms with Crippen LogP contribution in [0.15, 0.2) is 12.1 Å². The summed E-state index contributed by atoms with van der Waals surface area (Å²) in [6.07, 6.45) is 0.841. The van der Waals surface area contributed by atoms with Crippen molar-refractivity contribution in [3.8, 4) is 6.07 Å². The average Bonchev–Trinajstić information content (AvgIpc) is 2.31. The smallest absolute Gasteiger partial charge is 0.310 e. The number of halogens is 1. The SMILES string of the molecule is CCOC(=O)Cc1c(Cl)cc(CC)cc1C#N. The van der Waals surface area contributed by atoms with Crippen molar-refractivity contribution in [1.29, 1.82) is 5.26 Å². The molecule has 0 saturated heterocycles. The first-order chi connectivity index (χ1) is 8.12. The first-order valence-corrected chi connectivity index (χ1v) is 5.87. The second-order valence-corrected chi connectivity index (χ2v) is 3.96. The molecule has 0 fully saturated rings. The molecule has 0 atom stereocenters. The van der Waals surface area contributed by atoms with Crippen LogP contribution in [0.3, 0.4) is 0 Å². The highest BCUT2D eigenvalue weighted by Gasteiger charge is 2.13. The van der Waals surface area contributed by atoms with Gasteiger partial charge in [-0.1, -0.05) is 18.5 Å². The van der Waals surface area contributed by atoms with Crippen molar-refractivity contribution in [2.45, 2.75) is 26.7 Å². The standard InChI is InChI=1S/C13H14ClNO2/c1-3-9-5-10(8-15)11(12(14)6-9)7-13(16)17-4-2/h5-6H,3-4,7H2,1-2H3. The fraction of sp³-hybridized carbons (Fsp3) is 0.385. The van der Waals surface area contributed by atoms with Gasteiger partial charge in [0.2, 0.25) is 0 Å². The quantitative estimate of drug-likeness (QED) is 0.773. The molecule has 1 aromatic carbocycles. The van der Waals surface area contributed by atoms with E-state index in [1.54, 1.807) is 19.1 Å². The van der Waals surface area contributed by atoms with Gasteiger partial charge in [0.1, 0.15) is 0 Å². The van der Waals surface area contributed by atoms with Crippen LogP contribution in [0.25, 0.3) is 0 Å². The molecule has 4 heteroatoms. The average molecular weight is 252 g/mol. The number of hydrogen-bond donors (Lipinski definition) is 0. The zero-order valence-corrected chi connectivity index (χ0v) is 10.7. The van der Waals surface area contributed by atoms with E-state index in [0.29, 0.717) is 22.8 Å². The van der Waals surface area contributed by atoms with E-state index in [4.69, 9.17) is 21.6 Å². The Labute approximate surface area is 106 Å². The van der Waals surface area contributed by atoms with Crippen molar-refractivity contribution in [2.75, 3.05) is 6.61 Å². The molecule has 0 bridgehead atoms. The van der Waals surface area contributed by atoms with Gasteiger partial charge in [-0.2, -0.15) is 5.26 Å². The van der Waals surface area contributed by atoms with E-state index in [1.807, 2.05) is 6.92 Å². The number of aryl methyl sites for hydroxylation is 1. The summed E-state index contributed by atoms with van der Waals surface area (Å²) in [7, 11) is 0. The number of carbonyl (C=O) groups excluding carboxylic acids is 1. The molecular weight excluding hydrogens is 238 g/mol. The third-order valence-electron chi connectivity index (χ3n) is 2.41. The van der Waals surface area contributed by atoms with Crippen LogP contribution in [0.2, 0.25) is 5.02 Å². The van der Waals surface area contributed by atoms with Crippen molar-refractivity contribution in [2.24, 2.45) is 0 Å². The lowest BCUT2D eigenvalue weighted by Gasteiger charge is -2.08. The minimum atomic E-state index is -0.366. The molecular formula is C13H14ClNO2. The molecule has 0 N–H and O–H groups in total. The molecule has 90 valence electrons. The van der Waals surface area contributed by atoms with Gasteiger partial charge < -0.3 is 4.74 Å². The van der Waals surface area contributed by atoms with Gasteiger partial charge in [-0.25, -0.2) is 0 Å². The Balaban J connectivity index is 3.07. The summed E-state index contributed by atoms with van der Waals surface area (Å²) in [4.78, 5) is 11.4. The van der Waals surface area contributed by atoms with Crippen LogP contribution >= 0.6 is 11.6 Å². The third-order valence-corrected chi connectivity index (χ3v) is 2.75. The third kappa shape index (κ3) is 3.47. The van der Waals surface area contributed by atoms with Crippen molar-refractivity contribution in [3.63, 3.8) is 0 Å². The lowest BCUT2D eigenvalue weighted by atomic mass is 10.0. The number of ether oxygens (including phenoxy) is 1. The summed E-state index contributed by atoms with van der Waals surface area (Å²) >= 11 is 6.08. The molecule has 0 saturated carbocycles. The van der Waals surface area contributed by atoms with Crippen LogP contribution < -0.4 is 0 Å². The summed E-state index contributed by atoms with van der Waals surface area (Å²) in [5.74, 6) is -0.366. The van der Waals surface area contributed by atoms with Crippen LogP contribution in [0.5, 0.6) is 0 Å². The maximum absolute atomic E-state index is 11.4. The molecule has 0 heterocycles. The maximum atomic E-state index is 11.4. The summed E-state index contributed by atoms with van der Waals surface area (Å²) in [6, 6.07) is 5.62. The van der Waals surface area contributed by atoms with E-state index in [-0.39, 0.29) is 12.4 Å². The van der Waals surface area contributed by atoms with Crippen molar-refractivity contribution >= 4 is 17.6 Å². The zero-order chi connectivity index (χ0) is 12.8. The van der Waals surface area contributed by atoms with Crippen molar-refractivity contribution in [3.05, 3.63) is 33.8 Å². The largest absolute Gasteiger partial charge is 0.466 e. The second-order valence-electron chi connectivity index (χ2n) is 3.55. The molecule has 0 aliphatic carbocycles. The number of benzene rings is 1. The molecule has 3 nitrogen and oxygen atoms in total. The number of nitrogens with zero attached hydrogens (tertiary/aromatic N) is 1. The molecule has 1 rings (SSSR count). The van der Waals surface area contributed by atoms with Gasteiger partial charge >= 0.3 is 5.97 Å². The molecule has 0 spiro atoms. The van der Waals surface area contributed by atoms with Crippen LogP contribution in [0.4, 0.5) is 0 Å². The van der Waals surface area contributed by atoms with Gasteiger partial charge in [0, 0.05) is 5.02 Å². The fourth-order valence-electron chi connectivity index (χ4n) is 1.53. The van der Waals surface area contributed by atoms with Crippen LogP contribution in [0, 0.1) is 11.3 Å². The van der Waals surface area contributed by atoms with Crippen molar-refractivity contribution in [1.82, 2.24) is 0 Å². The van der Waals surface area contributed by atoms with Gasteiger partial charge in [0.15, 0.2) is 0 Å². The number of rotatable bonds is 4. The molecule has 0 radical (unpaired) electrons. The Hall–Kier alpha value is -1.53. The van der Waals surface area contributed by atoms with E-state index in [9.17, 15) is 4.79 Å². The fourth-order valence-corrected chi connectivity index (χ4v) is 1.84. The van der Waals surface area contributed by atoms with Gasteiger partial charge in [-0.05, 0) is 36.6 Å². The van der Waals surface area contributed by atoms with Crippen molar-refractivity contribution < 1.29 is 9.53 Å². The molecule has 0 amide bonds. The molecule has 0 aromatic heterocycles. The highest BCUT2D eigenvalue weighted by Crippen LogP contribution is 2.23. The monoisotopic (exact) mass is 251 g/mol. The lowest BCUT2D eigenvalue weighted by molar-refractivity contribution is -0.142. The van der Waals surface area contributed by atoms with E-state index in [2.05, 4.69) is 6.07 Å². The minimum Gasteiger partial charge on any atom is -0.466 e. The van der Waals surface area contributed by atoms with Gasteiger partial charge in [0.25, 0.3) is 0 Å². The predicted molar refractivity (Wildman–Crippen MR) is 65.9 cm³/mol. The molecule has 0 aliphatic rings. The second kappa shape index (κ2) is 6.27. The number of carbonyl (C=O) groups is 1. The maximum Gasteiger partial charge on any atom is 0.310 e. The van der Waals surface area contributed by atoms with Crippen LogP contribution in [-0.4, -0.2) is 12.6 Å². The Morgan fingerprint density at radius 2 is 2.18 bits per heavy atom. The summed E-state index contributed by atoms with van der Waals surface area (Å²) in [5, 5.41) is 9.50. The van der Waals surface area contributed by atoms with E-state index < -0.39 is 0 Å². The summed E-state index contributed by atoms with van der Waals surface area (Å²) < 4.78 is 4.85. The van der Waals surface area contributed by atoms with Gasteiger partial charge in [0.05, 0.1) is 24.7 Å². The number of esters is 1. The Morgan fingerprint density at radius 3 is 2.71 bits per heavy atom. The molecule has 1 aromatic rings. The van der Waals surface area contributed by atoms with Gasteiger partial charge in [-0.3, -0.25) is 4.79 Å². The minimum absolute atomic E-state index is 0.0412. The Bertz CT molecular complexity index is 463. The zero-order valence-electron chi connectivity index (χ0n) is 9.92.